The first kappa shape index (κ1) is 15.6. The van der Waals surface area contributed by atoms with Gasteiger partial charge in [-0.1, -0.05) is 16.8 Å². The Bertz CT molecular complexity index is 473. The van der Waals surface area contributed by atoms with Gasteiger partial charge in [-0.15, -0.1) is 0 Å². The summed E-state index contributed by atoms with van der Waals surface area (Å²) in [6, 6.07) is 5.01. The summed E-state index contributed by atoms with van der Waals surface area (Å²) in [6.07, 6.45) is 0. The molecular weight excluding hydrogens is 266 g/mol. The minimum atomic E-state index is -0.104. The zero-order valence-corrected chi connectivity index (χ0v) is 12.4. The van der Waals surface area contributed by atoms with Gasteiger partial charge in [-0.2, -0.15) is 0 Å². The Morgan fingerprint density at radius 1 is 1.47 bits per heavy atom. The zero-order valence-electron chi connectivity index (χ0n) is 11.6. The smallest absolute Gasteiger partial charge is 0.170 e. The summed E-state index contributed by atoms with van der Waals surface area (Å²) in [4.78, 5) is 2.08. The van der Waals surface area contributed by atoms with Crippen LogP contribution in [0.1, 0.15) is 19.4 Å². The minimum absolute atomic E-state index is 0.0158. The van der Waals surface area contributed by atoms with Crippen LogP contribution in [0.5, 0.6) is 5.75 Å². The van der Waals surface area contributed by atoms with Crippen molar-refractivity contribution in [3.05, 3.63) is 28.8 Å². The lowest BCUT2D eigenvalue weighted by molar-refractivity contribution is 0.114. The van der Waals surface area contributed by atoms with Crippen LogP contribution in [0.4, 0.5) is 0 Å². The van der Waals surface area contributed by atoms with Gasteiger partial charge in [0.1, 0.15) is 12.4 Å². The van der Waals surface area contributed by atoms with E-state index in [0.29, 0.717) is 22.9 Å². The Labute approximate surface area is 118 Å². The van der Waals surface area contributed by atoms with Crippen molar-refractivity contribution >= 4 is 17.4 Å². The number of halogens is 1. The maximum Gasteiger partial charge on any atom is 0.170 e. The molecule has 1 aromatic rings. The Morgan fingerprint density at radius 3 is 2.58 bits per heavy atom. The molecule has 0 heterocycles. The van der Waals surface area contributed by atoms with E-state index in [4.69, 9.17) is 27.3 Å². The van der Waals surface area contributed by atoms with Gasteiger partial charge in [-0.05, 0) is 46.1 Å². The van der Waals surface area contributed by atoms with Crippen molar-refractivity contribution < 1.29 is 9.94 Å². The number of rotatable bonds is 5. The molecule has 19 heavy (non-hydrogen) atoms. The van der Waals surface area contributed by atoms with E-state index in [1.807, 2.05) is 14.1 Å². The summed E-state index contributed by atoms with van der Waals surface area (Å²) >= 11 is 6.11. The van der Waals surface area contributed by atoms with Gasteiger partial charge in [-0.25, -0.2) is 0 Å². The van der Waals surface area contributed by atoms with Crippen molar-refractivity contribution in [1.82, 2.24) is 4.90 Å². The molecule has 0 atom stereocenters. The summed E-state index contributed by atoms with van der Waals surface area (Å²) in [5, 5.41) is 12.0. The highest BCUT2D eigenvalue weighted by atomic mass is 35.5. The average molecular weight is 286 g/mol. The molecule has 0 bridgehead atoms. The molecule has 6 heteroatoms. The van der Waals surface area contributed by atoms with Gasteiger partial charge in [0.25, 0.3) is 0 Å². The minimum Gasteiger partial charge on any atom is -0.490 e. The van der Waals surface area contributed by atoms with Gasteiger partial charge in [0.2, 0.25) is 0 Å². The molecule has 0 amide bonds. The molecule has 106 valence electrons. The molecule has 0 fully saturated rings. The Balaban J connectivity index is 2.82. The number of hydrogen-bond acceptors (Lipinski definition) is 4. The normalized spacial score (nSPS) is 12.8. The highest BCUT2D eigenvalue weighted by Crippen LogP contribution is 2.26. The summed E-state index contributed by atoms with van der Waals surface area (Å²) in [5.74, 6) is 0.591. The van der Waals surface area contributed by atoms with Crippen LogP contribution in [0.3, 0.4) is 0 Å². The molecule has 0 aliphatic heterocycles. The van der Waals surface area contributed by atoms with Crippen molar-refractivity contribution in [2.45, 2.75) is 19.4 Å². The van der Waals surface area contributed by atoms with Gasteiger partial charge < -0.3 is 20.6 Å². The summed E-state index contributed by atoms with van der Waals surface area (Å²) in [7, 11) is 3.99. The summed E-state index contributed by atoms with van der Waals surface area (Å²) in [5.41, 5.74) is 5.93. The number of nitrogens with two attached hydrogens (primary N) is 1. The zero-order chi connectivity index (χ0) is 14.6. The molecule has 1 rings (SSSR count). The summed E-state index contributed by atoms with van der Waals surface area (Å²) < 4.78 is 5.71. The van der Waals surface area contributed by atoms with Crippen LogP contribution in [0.2, 0.25) is 5.02 Å². The van der Waals surface area contributed by atoms with Crippen LogP contribution < -0.4 is 10.5 Å². The summed E-state index contributed by atoms with van der Waals surface area (Å²) in [6.45, 7) is 4.65. The van der Waals surface area contributed by atoms with Crippen LogP contribution in [0.25, 0.3) is 0 Å². The molecule has 3 N–H and O–H groups in total. The van der Waals surface area contributed by atoms with E-state index in [0.717, 1.165) is 0 Å². The third-order valence-electron chi connectivity index (χ3n) is 3.13. The third-order valence-corrected chi connectivity index (χ3v) is 3.42. The van der Waals surface area contributed by atoms with Crippen LogP contribution in [0, 0.1) is 0 Å². The van der Waals surface area contributed by atoms with Gasteiger partial charge >= 0.3 is 0 Å². The van der Waals surface area contributed by atoms with Crippen molar-refractivity contribution in [1.29, 1.82) is 0 Å². The van der Waals surface area contributed by atoms with E-state index >= 15 is 0 Å². The fourth-order valence-electron chi connectivity index (χ4n) is 1.22. The van der Waals surface area contributed by atoms with E-state index < -0.39 is 0 Å². The lowest BCUT2D eigenvalue weighted by Crippen LogP contribution is -2.43. The SMILES string of the molecule is CN(C)C(C)(C)COc1ccc(C(N)=NO)cc1Cl. The number of oxime groups is 1. The van der Waals surface area contributed by atoms with E-state index in [1.165, 1.54) is 0 Å². The van der Waals surface area contributed by atoms with Crippen molar-refractivity contribution in [2.24, 2.45) is 10.9 Å². The molecule has 0 unspecified atom stereocenters. The van der Waals surface area contributed by atoms with Gasteiger partial charge in [0.05, 0.1) is 5.02 Å². The largest absolute Gasteiger partial charge is 0.490 e. The second kappa shape index (κ2) is 6.12. The van der Waals surface area contributed by atoms with Gasteiger partial charge in [-0.3, -0.25) is 0 Å². The topological polar surface area (TPSA) is 71.1 Å². The molecule has 0 aromatic heterocycles. The first-order valence-corrected chi connectivity index (χ1v) is 6.23. The fourth-order valence-corrected chi connectivity index (χ4v) is 1.45. The predicted molar refractivity (Wildman–Crippen MR) is 77.2 cm³/mol. The van der Waals surface area contributed by atoms with Crippen molar-refractivity contribution in [3.63, 3.8) is 0 Å². The monoisotopic (exact) mass is 285 g/mol. The highest BCUT2D eigenvalue weighted by Gasteiger charge is 2.21. The molecule has 0 saturated carbocycles. The Morgan fingerprint density at radius 2 is 2.11 bits per heavy atom. The predicted octanol–water partition coefficient (Wildman–Crippen LogP) is 2.15. The second-order valence-corrected chi connectivity index (χ2v) is 5.53. The number of hydrogen-bond donors (Lipinski definition) is 2. The first-order chi connectivity index (χ1) is 8.77. The fraction of sp³-hybridized carbons (Fsp3) is 0.462. The number of likely N-dealkylation sites (N-methyl/N-ethyl adjacent to an activating group) is 1. The molecule has 1 aromatic carbocycles. The maximum atomic E-state index is 8.60. The van der Waals surface area contributed by atoms with Crippen LogP contribution in [-0.4, -0.2) is 42.2 Å². The molecule has 0 aliphatic carbocycles. The molecule has 0 saturated heterocycles. The molecule has 5 nitrogen and oxygen atoms in total. The van der Waals surface area contributed by atoms with E-state index in [2.05, 4.69) is 23.9 Å². The molecule has 0 radical (unpaired) electrons. The van der Waals surface area contributed by atoms with Crippen LogP contribution in [-0.2, 0) is 0 Å². The lowest BCUT2D eigenvalue weighted by atomic mass is 10.1. The number of amidine groups is 1. The standard InChI is InChI=1S/C13H20ClN3O2/c1-13(2,17(3)4)8-19-11-6-5-9(7-10(11)14)12(15)16-18/h5-7,18H,8H2,1-4H3,(H2,15,16). The number of ether oxygens (including phenoxy) is 1. The average Bonchev–Trinajstić information content (AvgIpc) is 2.36. The molecule has 0 aliphatic rings. The van der Waals surface area contributed by atoms with Gasteiger partial charge in [0, 0.05) is 11.1 Å². The van der Waals surface area contributed by atoms with E-state index in [1.54, 1.807) is 18.2 Å². The number of nitrogens with zero attached hydrogens (tertiary/aromatic N) is 2. The highest BCUT2D eigenvalue weighted by molar-refractivity contribution is 6.32. The quantitative estimate of drug-likeness (QED) is 0.376. The van der Waals surface area contributed by atoms with Crippen LogP contribution >= 0.6 is 11.6 Å². The second-order valence-electron chi connectivity index (χ2n) is 5.13. The first-order valence-electron chi connectivity index (χ1n) is 5.85. The Kier molecular flexibility index (Phi) is 5.03. The number of benzene rings is 1. The maximum absolute atomic E-state index is 8.60. The van der Waals surface area contributed by atoms with Crippen molar-refractivity contribution in [2.75, 3.05) is 20.7 Å². The van der Waals surface area contributed by atoms with E-state index in [-0.39, 0.29) is 11.4 Å². The lowest BCUT2D eigenvalue weighted by Gasteiger charge is -2.32. The Hall–Kier alpha value is -1.46. The van der Waals surface area contributed by atoms with E-state index in [9.17, 15) is 0 Å². The van der Waals surface area contributed by atoms with Crippen molar-refractivity contribution in [3.8, 4) is 5.75 Å². The molecular formula is C13H20ClN3O2. The van der Waals surface area contributed by atoms with Crippen LogP contribution in [0.15, 0.2) is 23.4 Å². The third kappa shape index (κ3) is 4.01. The molecule has 0 spiro atoms. The van der Waals surface area contributed by atoms with Gasteiger partial charge in [0.15, 0.2) is 5.84 Å².